The van der Waals surface area contributed by atoms with Crippen molar-refractivity contribution in [2.75, 3.05) is 12.3 Å². The average Bonchev–Trinajstić information content (AvgIpc) is 3.11. The van der Waals surface area contributed by atoms with Crippen molar-refractivity contribution < 1.29 is 13.2 Å². The molecule has 0 radical (unpaired) electrons. The van der Waals surface area contributed by atoms with Gasteiger partial charge in [0.1, 0.15) is 5.75 Å². The van der Waals surface area contributed by atoms with E-state index in [2.05, 4.69) is 0 Å². The van der Waals surface area contributed by atoms with Gasteiger partial charge in [-0.25, -0.2) is 8.42 Å². The zero-order valence-corrected chi connectivity index (χ0v) is 16.1. The molecule has 0 aliphatic carbocycles. The number of benzene rings is 2. The standard InChI is InChI=1S/C21H22N2O3S/c1-16-5-2-3-6-19(16)20-7-4-12-23(20)21(24)15-27(25,26)14-18-10-8-17(13-22)9-11-18/h2-3,5-6,8-11,20H,4,7,12,14-15H2,1H3. The molecule has 1 amide bonds. The van der Waals surface area contributed by atoms with E-state index in [0.717, 1.165) is 24.0 Å². The highest BCUT2D eigenvalue weighted by atomic mass is 32.2. The van der Waals surface area contributed by atoms with Gasteiger partial charge in [0.2, 0.25) is 5.91 Å². The molecule has 0 bridgehead atoms. The number of carbonyl (C=O) groups excluding carboxylic acids is 1. The highest BCUT2D eigenvalue weighted by molar-refractivity contribution is 7.91. The van der Waals surface area contributed by atoms with Crippen LogP contribution in [0.25, 0.3) is 0 Å². The van der Waals surface area contributed by atoms with Gasteiger partial charge in [0, 0.05) is 6.54 Å². The second kappa shape index (κ2) is 7.93. The monoisotopic (exact) mass is 382 g/mol. The summed E-state index contributed by atoms with van der Waals surface area (Å²) in [6.07, 6.45) is 1.73. The molecule has 1 aliphatic rings. The van der Waals surface area contributed by atoms with Gasteiger partial charge in [0.25, 0.3) is 0 Å². The van der Waals surface area contributed by atoms with Crippen LogP contribution in [0.2, 0.25) is 0 Å². The molecule has 2 aromatic carbocycles. The number of likely N-dealkylation sites (tertiary alicyclic amines) is 1. The van der Waals surface area contributed by atoms with Crippen molar-refractivity contribution in [1.29, 1.82) is 5.26 Å². The van der Waals surface area contributed by atoms with Crippen LogP contribution in [0.3, 0.4) is 0 Å². The van der Waals surface area contributed by atoms with Gasteiger partial charge < -0.3 is 4.90 Å². The maximum atomic E-state index is 12.8. The molecular weight excluding hydrogens is 360 g/mol. The smallest absolute Gasteiger partial charge is 0.238 e. The van der Waals surface area contributed by atoms with Crippen LogP contribution < -0.4 is 0 Å². The molecule has 1 saturated heterocycles. The molecule has 1 fully saturated rings. The van der Waals surface area contributed by atoms with E-state index in [-0.39, 0.29) is 17.7 Å². The molecule has 6 heteroatoms. The third-order valence-electron chi connectivity index (χ3n) is 4.93. The van der Waals surface area contributed by atoms with Crippen molar-refractivity contribution in [2.24, 2.45) is 0 Å². The Kier molecular flexibility index (Phi) is 5.62. The van der Waals surface area contributed by atoms with Crippen molar-refractivity contribution in [3.8, 4) is 6.07 Å². The molecule has 5 nitrogen and oxygen atoms in total. The number of carbonyl (C=O) groups is 1. The summed E-state index contributed by atoms with van der Waals surface area (Å²) in [6.45, 7) is 2.60. The highest BCUT2D eigenvalue weighted by Crippen LogP contribution is 2.33. The van der Waals surface area contributed by atoms with Gasteiger partial charge in [-0.2, -0.15) is 5.26 Å². The lowest BCUT2D eigenvalue weighted by molar-refractivity contribution is -0.129. The topological polar surface area (TPSA) is 78.2 Å². The number of rotatable bonds is 5. The SMILES string of the molecule is Cc1ccccc1C1CCCN1C(=O)CS(=O)(=O)Cc1ccc(C#N)cc1. The molecule has 2 aromatic rings. The number of amides is 1. The first-order chi connectivity index (χ1) is 12.9. The third kappa shape index (κ3) is 4.55. The lowest BCUT2D eigenvalue weighted by Gasteiger charge is -2.26. The van der Waals surface area contributed by atoms with Crippen molar-refractivity contribution in [3.05, 3.63) is 70.8 Å². The van der Waals surface area contributed by atoms with Crippen LogP contribution in [0.5, 0.6) is 0 Å². The van der Waals surface area contributed by atoms with Crippen LogP contribution in [-0.2, 0) is 20.4 Å². The van der Waals surface area contributed by atoms with Gasteiger partial charge in [0.05, 0.1) is 23.4 Å². The van der Waals surface area contributed by atoms with Crippen molar-refractivity contribution >= 4 is 15.7 Å². The van der Waals surface area contributed by atoms with E-state index in [0.29, 0.717) is 17.7 Å². The largest absolute Gasteiger partial charge is 0.335 e. The van der Waals surface area contributed by atoms with Crippen LogP contribution in [0.4, 0.5) is 0 Å². The van der Waals surface area contributed by atoms with Crippen LogP contribution in [0, 0.1) is 18.3 Å². The fourth-order valence-electron chi connectivity index (χ4n) is 3.60. The van der Waals surface area contributed by atoms with E-state index < -0.39 is 15.6 Å². The van der Waals surface area contributed by atoms with Crippen molar-refractivity contribution in [3.63, 3.8) is 0 Å². The summed E-state index contributed by atoms with van der Waals surface area (Å²) < 4.78 is 25.0. The summed E-state index contributed by atoms with van der Waals surface area (Å²) >= 11 is 0. The van der Waals surface area contributed by atoms with Gasteiger partial charge in [-0.3, -0.25) is 4.79 Å². The minimum atomic E-state index is -3.58. The minimum absolute atomic E-state index is 0.0520. The molecule has 0 spiro atoms. The van der Waals surface area contributed by atoms with Gasteiger partial charge in [0.15, 0.2) is 9.84 Å². The summed E-state index contributed by atoms with van der Waals surface area (Å²) in [5, 5.41) is 8.82. The molecule has 0 aromatic heterocycles. The number of hydrogen-bond donors (Lipinski definition) is 0. The highest BCUT2D eigenvalue weighted by Gasteiger charge is 2.32. The molecule has 1 unspecified atom stereocenters. The van der Waals surface area contributed by atoms with Crippen LogP contribution in [0.15, 0.2) is 48.5 Å². The first-order valence-corrected chi connectivity index (χ1v) is 10.8. The van der Waals surface area contributed by atoms with E-state index in [4.69, 9.17) is 5.26 Å². The van der Waals surface area contributed by atoms with Gasteiger partial charge in [-0.1, -0.05) is 36.4 Å². The molecule has 27 heavy (non-hydrogen) atoms. The quantitative estimate of drug-likeness (QED) is 0.796. The predicted octanol–water partition coefficient (Wildman–Crippen LogP) is 3.15. The summed E-state index contributed by atoms with van der Waals surface area (Å²) in [7, 11) is -3.58. The minimum Gasteiger partial charge on any atom is -0.335 e. The number of aryl methyl sites for hydroxylation is 1. The predicted molar refractivity (Wildman–Crippen MR) is 104 cm³/mol. The summed E-state index contributed by atoms with van der Waals surface area (Å²) in [5.74, 6) is -1.03. The molecule has 1 heterocycles. The van der Waals surface area contributed by atoms with Crippen LogP contribution >= 0.6 is 0 Å². The molecular formula is C21H22N2O3S. The maximum Gasteiger partial charge on any atom is 0.238 e. The zero-order valence-electron chi connectivity index (χ0n) is 15.3. The number of hydrogen-bond acceptors (Lipinski definition) is 4. The van der Waals surface area contributed by atoms with Crippen molar-refractivity contribution in [2.45, 2.75) is 31.6 Å². The first-order valence-electron chi connectivity index (χ1n) is 8.94. The first kappa shape index (κ1) is 19.1. The summed E-state index contributed by atoms with van der Waals surface area (Å²) in [4.78, 5) is 14.5. The zero-order chi connectivity index (χ0) is 19.4. The fraction of sp³-hybridized carbons (Fsp3) is 0.333. The van der Waals surface area contributed by atoms with Gasteiger partial charge in [-0.15, -0.1) is 0 Å². The molecule has 0 N–H and O–H groups in total. The van der Waals surface area contributed by atoms with E-state index in [1.807, 2.05) is 37.3 Å². The molecule has 1 aliphatic heterocycles. The lowest BCUT2D eigenvalue weighted by atomic mass is 9.99. The number of sulfone groups is 1. The van der Waals surface area contributed by atoms with Gasteiger partial charge >= 0.3 is 0 Å². The Morgan fingerprint density at radius 3 is 2.56 bits per heavy atom. The van der Waals surface area contributed by atoms with Crippen molar-refractivity contribution in [1.82, 2.24) is 4.90 Å². The van der Waals surface area contributed by atoms with Crippen LogP contribution in [0.1, 0.15) is 41.1 Å². The van der Waals surface area contributed by atoms with Gasteiger partial charge in [-0.05, 0) is 48.6 Å². The Hall–Kier alpha value is -2.65. The fourth-order valence-corrected chi connectivity index (χ4v) is 4.95. The Labute approximate surface area is 160 Å². The summed E-state index contributed by atoms with van der Waals surface area (Å²) in [5.41, 5.74) is 3.26. The second-order valence-corrected chi connectivity index (χ2v) is 9.01. The maximum absolute atomic E-state index is 12.8. The molecule has 1 atom stereocenters. The Bertz CT molecular complexity index is 975. The molecule has 140 valence electrons. The molecule has 0 saturated carbocycles. The third-order valence-corrected chi connectivity index (χ3v) is 6.39. The normalized spacial score (nSPS) is 16.9. The van der Waals surface area contributed by atoms with E-state index in [1.54, 1.807) is 29.2 Å². The molecule has 3 rings (SSSR count). The summed E-state index contributed by atoms with van der Waals surface area (Å²) in [6, 6.07) is 16.3. The van der Waals surface area contributed by atoms with Crippen LogP contribution in [-0.4, -0.2) is 31.5 Å². The van der Waals surface area contributed by atoms with E-state index in [9.17, 15) is 13.2 Å². The lowest BCUT2D eigenvalue weighted by Crippen LogP contribution is -2.35. The second-order valence-electron chi connectivity index (χ2n) is 6.94. The van der Waals surface area contributed by atoms with E-state index >= 15 is 0 Å². The number of nitriles is 1. The van der Waals surface area contributed by atoms with E-state index in [1.165, 1.54) is 0 Å². The Balaban J connectivity index is 1.71. The average molecular weight is 382 g/mol. The Morgan fingerprint density at radius 2 is 1.89 bits per heavy atom. The Morgan fingerprint density at radius 1 is 1.19 bits per heavy atom. The number of nitrogens with zero attached hydrogens (tertiary/aromatic N) is 2.